The van der Waals surface area contributed by atoms with Gasteiger partial charge in [0, 0.05) is 53.9 Å². The summed E-state index contributed by atoms with van der Waals surface area (Å²) in [6.45, 7) is 6.13. The van der Waals surface area contributed by atoms with Crippen LogP contribution in [0.4, 0.5) is 0 Å². The van der Waals surface area contributed by atoms with E-state index >= 15 is 0 Å². The predicted octanol–water partition coefficient (Wildman–Crippen LogP) is 2.74. The van der Waals surface area contributed by atoms with E-state index in [4.69, 9.17) is 23.7 Å². The fourth-order valence-corrected chi connectivity index (χ4v) is 9.82. The third-order valence-electron chi connectivity index (χ3n) is 10.0. The molecular weight excluding hydrogens is 628 g/mol. The number of likely N-dealkylation sites (N-methyl/N-ethyl adjacent to an activating group) is 1. The molecule has 0 radical (unpaired) electrons. The molecule has 1 amide bonds. The highest BCUT2D eigenvalue weighted by Crippen LogP contribution is 2.64. The van der Waals surface area contributed by atoms with Gasteiger partial charge in [-0.3, -0.25) is 19.4 Å². The van der Waals surface area contributed by atoms with Gasteiger partial charge >= 0.3 is 11.9 Å². The van der Waals surface area contributed by atoms with Crippen LogP contribution in [-0.4, -0.2) is 90.2 Å². The molecule has 1 unspecified atom stereocenters. The molecule has 5 heterocycles. The van der Waals surface area contributed by atoms with E-state index in [2.05, 4.69) is 21.2 Å². The molecule has 5 aliphatic heterocycles. The summed E-state index contributed by atoms with van der Waals surface area (Å²) in [5.41, 5.74) is 4.30. The van der Waals surface area contributed by atoms with Crippen LogP contribution in [-0.2, 0) is 25.5 Å². The molecule has 2 aromatic carbocycles. The van der Waals surface area contributed by atoms with Gasteiger partial charge in [0.1, 0.15) is 24.4 Å². The van der Waals surface area contributed by atoms with Gasteiger partial charge in [0.05, 0.1) is 30.5 Å². The second-order valence-electron chi connectivity index (χ2n) is 12.6. The first-order valence-corrected chi connectivity index (χ1v) is 16.5. The minimum atomic E-state index is -0.948. The standard InChI is InChI=1S/C33H36N4O9S/c1-13-7-17-8-19-20(9-34)37-21-10-43-33(41)18(35-15(3)38)11-47-32(26(37)25(36(19)5)22(17)27(40)28(13)42-6)24-23(21)31-30(44-12-45-31)14(2)29(24)46-16(4)39/h7,18-21,25-26,32,40H,8,10-12H2,1-6H3,(H,35,38)/t18?,19-,20+,21+,25-,26-,32-/m1/s1. The highest BCUT2D eigenvalue weighted by atomic mass is 32.2. The summed E-state index contributed by atoms with van der Waals surface area (Å²) in [5, 5.41) is 24.9. The molecule has 2 N–H and O–H groups in total. The highest BCUT2D eigenvalue weighted by Gasteiger charge is 2.60. The number of esters is 2. The van der Waals surface area contributed by atoms with Crippen LogP contribution in [0.25, 0.3) is 0 Å². The molecule has 7 atom stereocenters. The van der Waals surface area contributed by atoms with E-state index in [0.717, 1.165) is 11.1 Å². The Morgan fingerprint density at radius 3 is 2.55 bits per heavy atom. The number of hydrogen-bond acceptors (Lipinski definition) is 13. The van der Waals surface area contributed by atoms with E-state index in [1.54, 1.807) is 6.92 Å². The van der Waals surface area contributed by atoms with E-state index in [9.17, 15) is 24.8 Å². The molecule has 5 aliphatic rings. The fraction of sp³-hybridized carbons (Fsp3) is 0.515. The van der Waals surface area contributed by atoms with Crippen LogP contribution in [0.2, 0.25) is 0 Å². The predicted molar refractivity (Wildman–Crippen MR) is 168 cm³/mol. The zero-order chi connectivity index (χ0) is 33.5. The summed E-state index contributed by atoms with van der Waals surface area (Å²) in [6.07, 6.45) is 0.494. The number of nitrogens with zero attached hydrogens (tertiary/aromatic N) is 3. The van der Waals surface area contributed by atoms with Gasteiger partial charge in [0.2, 0.25) is 12.7 Å². The minimum absolute atomic E-state index is 0.0379. The Bertz CT molecular complexity index is 1760. The number of hydrogen-bond donors (Lipinski definition) is 2. The Morgan fingerprint density at radius 2 is 1.87 bits per heavy atom. The van der Waals surface area contributed by atoms with Crippen molar-refractivity contribution in [3.8, 4) is 34.8 Å². The van der Waals surface area contributed by atoms with Crippen molar-refractivity contribution in [1.29, 1.82) is 5.26 Å². The maximum Gasteiger partial charge on any atom is 0.329 e. The number of aryl methyl sites for hydroxylation is 1. The van der Waals surface area contributed by atoms with Crippen molar-refractivity contribution >= 4 is 29.6 Å². The number of phenols is 1. The lowest BCUT2D eigenvalue weighted by molar-refractivity contribution is -0.152. The molecule has 7 rings (SSSR count). The highest BCUT2D eigenvalue weighted by molar-refractivity contribution is 7.99. The second kappa shape index (κ2) is 11.5. The Kier molecular flexibility index (Phi) is 7.69. The molecule has 0 saturated carbocycles. The fourth-order valence-electron chi connectivity index (χ4n) is 8.31. The molecule has 14 heteroatoms. The van der Waals surface area contributed by atoms with Crippen LogP contribution < -0.4 is 24.3 Å². The number of aromatic hydroxyl groups is 1. The number of nitrogens with one attached hydrogen (secondary N) is 1. The lowest BCUT2D eigenvalue weighted by Crippen LogP contribution is -2.69. The van der Waals surface area contributed by atoms with Gasteiger partial charge in [-0.1, -0.05) is 6.07 Å². The van der Waals surface area contributed by atoms with Crippen LogP contribution in [0, 0.1) is 25.2 Å². The lowest BCUT2D eigenvalue weighted by Gasteiger charge is -2.61. The van der Waals surface area contributed by atoms with Crippen molar-refractivity contribution < 1.29 is 43.2 Å². The normalized spacial score (nSPS) is 29.0. The van der Waals surface area contributed by atoms with Crippen LogP contribution >= 0.6 is 11.8 Å². The molecule has 2 aromatic rings. The van der Waals surface area contributed by atoms with Crippen LogP contribution in [0.3, 0.4) is 0 Å². The second-order valence-corrected chi connectivity index (χ2v) is 13.8. The first-order chi connectivity index (χ1) is 22.5. The summed E-state index contributed by atoms with van der Waals surface area (Å²) in [5.74, 6) is 0.248. The van der Waals surface area contributed by atoms with Gasteiger partial charge in [-0.05, 0) is 38.4 Å². The van der Waals surface area contributed by atoms with Crippen molar-refractivity contribution in [2.24, 2.45) is 0 Å². The third-order valence-corrected chi connectivity index (χ3v) is 11.4. The molecule has 0 spiro atoms. The SMILES string of the molecule is COc1c(C)cc2c(c1O)[C@@H]1[C@@H]3[C@@H]4SCC(NC(C)=O)C(=O)OC[C@@H](c5c6c(c(C)c(OC(C)=O)c54)OCO6)N3[C@@H](C#N)[C@@H](C2)N1C. The van der Waals surface area contributed by atoms with Gasteiger partial charge in [-0.25, -0.2) is 4.79 Å². The monoisotopic (exact) mass is 664 g/mol. The van der Waals surface area contributed by atoms with Crippen LogP contribution in [0.5, 0.6) is 28.7 Å². The minimum Gasteiger partial charge on any atom is -0.504 e. The number of fused-ring (bicyclic) bond motifs is 9. The van der Waals surface area contributed by atoms with Gasteiger partial charge in [-0.15, -0.1) is 11.8 Å². The van der Waals surface area contributed by atoms with Gasteiger partial charge in [0.25, 0.3) is 0 Å². The molecule has 0 aliphatic carbocycles. The maximum absolute atomic E-state index is 13.4. The summed E-state index contributed by atoms with van der Waals surface area (Å²) >= 11 is 1.39. The average Bonchev–Trinajstić information content (AvgIpc) is 3.50. The Labute approximate surface area is 276 Å². The third kappa shape index (κ3) is 4.62. The molecule has 0 aromatic heterocycles. The molecule has 248 valence electrons. The van der Waals surface area contributed by atoms with Crippen LogP contribution in [0.1, 0.15) is 64.6 Å². The van der Waals surface area contributed by atoms with Crippen molar-refractivity contribution in [1.82, 2.24) is 15.1 Å². The number of phenolic OH excluding ortho intramolecular Hbond substituents is 1. The molecular formula is C33H36N4O9S. The number of amides is 1. The number of thioether (sulfide) groups is 1. The molecule has 2 fully saturated rings. The first-order valence-electron chi connectivity index (χ1n) is 15.5. The number of carbonyl (C=O) groups is 3. The van der Waals surface area contributed by atoms with E-state index in [1.807, 2.05) is 20.0 Å². The average molecular weight is 665 g/mol. The Balaban J connectivity index is 1.54. The van der Waals surface area contributed by atoms with E-state index in [-0.39, 0.29) is 36.9 Å². The summed E-state index contributed by atoms with van der Waals surface area (Å²) in [7, 11) is 3.48. The summed E-state index contributed by atoms with van der Waals surface area (Å²) < 4.78 is 29.6. The molecule has 2 saturated heterocycles. The van der Waals surface area contributed by atoms with Crippen molar-refractivity contribution in [2.45, 2.75) is 75.6 Å². The molecule has 4 bridgehead atoms. The number of ether oxygens (including phenoxy) is 5. The lowest BCUT2D eigenvalue weighted by atomic mass is 9.71. The smallest absolute Gasteiger partial charge is 0.329 e. The number of cyclic esters (lactones) is 1. The van der Waals surface area contributed by atoms with Crippen LogP contribution in [0.15, 0.2) is 6.07 Å². The number of methoxy groups -OCH3 is 1. The van der Waals surface area contributed by atoms with E-state index < -0.39 is 47.4 Å². The number of rotatable bonds is 3. The van der Waals surface area contributed by atoms with E-state index in [1.165, 1.54) is 32.7 Å². The number of piperazine rings is 1. The number of nitriles is 1. The largest absolute Gasteiger partial charge is 0.504 e. The summed E-state index contributed by atoms with van der Waals surface area (Å²) in [4.78, 5) is 42.5. The Morgan fingerprint density at radius 1 is 1.13 bits per heavy atom. The van der Waals surface area contributed by atoms with Gasteiger partial charge in [0.15, 0.2) is 23.0 Å². The van der Waals surface area contributed by atoms with Gasteiger partial charge < -0.3 is 34.1 Å². The maximum atomic E-state index is 13.4. The quantitative estimate of drug-likeness (QED) is 0.365. The van der Waals surface area contributed by atoms with E-state index in [0.29, 0.717) is 51.7 Å². The zero-order valence-corrected chi connectivity index (χ0v) is 27.7. The topological polar surface area (TPSA) is 160 Å². The molecule has 47 heavy (non-hydrogen) atoms. The first kappa shape index (κ1) is 31.4. The van der Waals surface area contributed by atoms with Gasteiger partial charge in [-0.2, -0.15) is 5.26 Å². The zero-order valence-electron chi connectivity index (χ0n) is 26.9. The number of benzene rings is 2. The van der Waals surface area contributed by atoms with Crippen molar-refractivity contribution in [2.75, 3.05) is 33.3 Å². The summed E-state index contributed by atoms with van der Waals surface area (Å²) in [6, 6.07) is 1.02. The van der Waals surface area contributed by atoms with Crippen molar-refractivity contribution in [3.05, 3.63) is 39.4 Å². The Hall–Kier alpha value is -4.19. The van der Waals surface area contributed by atoms with Crippen molar-refractivity contribution in [3.63, 3.8) is 0 Å². The number of carbonyl (C=O) groups excluding carboxylic acids is 3. The molecule has 13 nitrogen and oxygen atoms in total.